The molecular formula is C23H33N3O2. The molecule has 2 saturated carbocycles. The molecule has 1 aliphatic heterocycles. The summed E-state index contributed by atoms with van der Waals surface area (Å²) in [6, 6.07) is 8.76. The van der Waals surface area contributed by atoms with Gasteiger partial charge in [0.2, 0.25) is 5.91 Å². The van der Waals surface area contributed by atoms with E-state index in [0.29, 0.717) is 35.7 Å². The molecule has 0 radical (unpaired) electrons. The van der Waals surface area contributed by atoms with Gasteiger partial charge < -0.3 is 16.2 Å². The molecule has 1 aromatic carbocycles. The maximum Gasteiger partial charge on any atom is 0.231 e. The van der Waals surface area contributed by atoms with Gasteiger partial charge in [0.25, 0.3) is 0 Å². The van der Waals surface area contributed by atoms with Crippen LogP contribution in [0.1, 0.15) is 51.0 Å². The topological polar surface area (TPSA) is 78.6 Å². The first-order valence-corrected chi connectivity index (χ1v) is 10.7. The highest BCUT2D eigenvalue weighted by Crippen LogP contribution is 2.50. The summed E-state index contributed by atoms with van der Waals surface area (Å²) >= 11 is 0. The third-order valence-corrected chi connectivity index (χ3v) is 7.02. The number of hydrogen-bond acceptors (Lipinski definition) is 4. The lowest BCUT2D eigenvalue weighted by molar-refractivity contribution is -0.120. The molecular weight excluding hydrogens is 350 g/mol. The number of benzene rings is 1. The summed E-state index contributed by atoms with van der Waals surface area (Å²) in [5, 5.41) is 13.3. The molecule has 28 heavy (non-hydrogen) atoms. The van der Waals surface area contributed by atoms with Crippen molar-refractivity contribution >= 4 is 12.0 Å². The van der Waals surface area contributed by atoms with Crippen molar-refractivity contribution in [2.45, 2.75) is 57.5 Å². The fourth-order valence-corrected chi connectivity index (χ4v) is 5.27. The Morgan fingerprint density at radius 3 is 2.57 bits per heavy atom. The molecule has 1 saturated heterocycles. The number of likely N-dealkylation sites (tertiary alicyclic amines) is 1. The normalized spacial score (nSPS) is 27.5. The molecule has 1 amide bonds. The van der Waals surface area contributed by atoms with Crippen molar-refractivity contribution in [1.29, 1.82) is 0 Å². The minimum atomic E-state index is -0.212. The number of amides is 1. The average Bonchev–Trinajstić information content (AvgIpc) is 3.40. The number of nitrogens with one attached hydrogen (secondary N) is 1. The third kappa shape index (κ3) is 4.41. The van der Waals surface area contributed by atoms with E-state index in [1.807, 2.05) is 12.1 Å². The second-order valence-corrected chi connectivity index (χ2v) is 9.13. The number of rotatable bonds is 7. The summed E-state index contributed by atoms with van der Waals surface area (Å²) in [7, 11) is 0. The first kappa shape index (κ1) is 19.5. The van der Waals surface area contributed by atoms with Crippen LogP contribution in [0.25, 0.3) is 6.08 Å². The fraction of sp³-hybridized carbons (Fsp3) is 0.609. The van der Waals surface area contributed by atoms with Crippen LogP contribution >= 0.6 is 0 Å². The maximum atomic E-state index is 11.1. The zero-order valence-corrected chi connectivity index (χ0v) is 16.9. The second kappa shape index (κ2) is 7.88. The number of carbonyl (C=O) groups is 1. The lowest BCUT2D eigenvalue weighted by atomic mass is 9.60. The van der Waals surface area contributed by atoms with Crippen molar-refractivity contribution in [2.75, 3.05) is 19.6 Å². The van der Waals surface area contributed by atoms with E-state index in [0.717, 1.165) is 19.5 Å². The van der Waals surface area contributed by atoms with Crippen LogP contribution in [0.5, 0.6) is 5.75 Å². The predicted octanol–water partition coefficient (Wildman–Crippen LogP) is 2.89. The maximum absolute atomic E-state index is 11.1. The van der Waals surface area contributed by atoms with Gasteiger partial charge in [0.15, 0.2) is 0 Å². The smallest absolute Gasteiger partial charge is 0.231 e. The van der Waals surface area contributed by atoms with Crippen LogP contribution in [0.15, 0.2) is 29.8 Å². The van der Waals surface area contributed by atoms with Gasteiger partial charge in [0.05, 0.1) is 6.54 Å². The van der Waals surface area contributed by atoms with Crippen molar-refractivity contribution in [3.63, 3.8) is 0 Å². The van der Waals surface area contributed by atoms with Crippen molar-refractivity contribution in [3.05, 3.63) is 35.4 Å². The summed E-state index contributed by atoms with van der Waals surface area (Å²) < 4.78 is 0. The molecule has 152 valence electrons. The van der Waals surface area contributed by atoms with Gasteiger partial charge in [-0.05, 0) is 80.6 Å². The van der Waals surface area contributed by atoms with Crippen LogP contribution in [0.2, 0.25) is 0 Å². The number of nitrogens with zero attached hydrogens (tertiary/aromatic N) is 1. The number of aromatic hydroxyl groups is 1. The molecule has 5 nitrogen and oxygen atoms in total. The molecule has 3 fully saturated rings. The molecule has 5 heteroatoms. The van der Waals surface area contributed by atoms with Gasteiger partial charge in [0.1, 0.15) is 5.75 Å². The first-order chi connectivity index (χ1) is 13.5. The van der Waals surface area contributed by atoms with E-state index in [1.54, 1.807) is 12.1 Å². The molecule has 1 aromatic rings. The standard InChI is InChI=1S/C23H33N3O2/c1-2-17(11-16-3-5-19(27)6-4-16)20-12-21(20)25-18-13-23(14-18)7-9-26(10-8-23)15-22(24)28/h3-6,11,18,20-21,25,27H,2,7-10,12-15H2,1H3,(H2,24,28)/b17-11+/t20-,21+/m0/s1. The molecule has 1 spiro atoms. The number of piperidine rings is 1. The molecule has 0 aromatic heterocycles. The van der Waals surface area contributed by atoms with Gasteiger partial charge in [-0.15, -0.1) is 0 Å². The van der Waals surface area contributed by atoms with Crippen LogP contribution in [0.4, 0.5) is 0 Å². The Balaban J connectivity index is 1.23. The van der Waals surface area contributed by atoms with E-state index in [1.165, 1.54) is 43.2 Å². The number of phenols is 1. The van der Waals surface area contributed by atoms with Gasteiger partial charge in [-0.25, -0.2) is 0 Å². The van der Waals surface area contributed by atoms with Crippen molar-refractivity contribution in [1.82, 2.24) is 10.2 Å². The summed E-state index contributed by atoms with van der Waals surface area (Å²) in [5.41, 5.74) is 8.51. The number of hydrogen-bond donors (Lipinski definition) is 3. The Kier molecular flexibility index (Phi) is 5.48. The summed E-state index contributed by atoms with van der Waals surface area (Å²) in [5.74, 6) is 0.768. The zero-order chi connectivity index (χ0) is 19.7. The third-order valence-electron chi connectivity index (χ3n) is 7.02. The largest absolute Gasteiger partial charge is 0.508 e. The molecule has 2 aliphatic carbocycles. The Bertz CT molecular complexity index is 727. The van der Waals surface area contributed by atoms with Crippen LogP contribution in [0, 0.1) is 11.3 Å². The highest BCUT2D eigenvalue weighted by molar-refractivity contribution is 5.75. The zero-order valence-electron chi connectivity index (χ0n) is 16.9. The minimum Gasteiger partial charge on any atom is -0.508 e. The van der Waals surface area contributed by atoms with Gasteiger partial charge in [0, 0.05) is 12.1 Å². The molecule has 4 rings (SSSR count). The van der Waals surface area contributed by atoms with Gasteiger partial charge >= 0.3 is 0 Å². The number of primary amides is 1. The molecule has 0 bridgehead atoms. The fourth-order valence-electron chi connectivity index (χ4n) is 5.27. The molecule has 4 N–H and O–H groups in total. The van der Waals surface area contributed by atoms with Gasteiger partial charge in [-0.2, -0.15) is 0 Å². The Labute approximate surface area is 168 Å². The molecule has 0 unspecified atom stereocenters. The minimum absolute atomic E-state index is 0.212. The van der Waals surface area contributed by atoms with E-state index in [9.17, 15) is 9.90 Å². The summed E-state index contributed by atoms with van der Waals surface area (Å²) in [4.78, 5) is 13.3. The SMILES string of the molecule is CC/C(=C\c1ccc(O)cc1)[C@@H]1C[C@H]1NC1CC2(CCN(CC(N)=O)CC2)C1. The summed E-state index contributed by atoms with van der Waals surface area (Å²) in [6.45, 7) is 4.67. The monoisotopic (exact) mass is 383 g/mol. The first-order valence-electron chi connectivity index (χ1n) is 10.7. The van der Waals surface area contributed by atoms with Crippen LogP contribution in [-0.4, -0.2) is 47.6 Å². The highest BCUT2D eigenvalue weighted by Gasteiger charge is 2.49. The van der Waals surface area contributed by atoms with Crippen molar-refractivity contribution in [3.8, 4) is 5.75 Å². The van der Waals surface area contributed by atoms with E-state index in [-0.39, 0.29) is 5.91 Å². The van der Waals surface area contributed by atoms with Crippen LogP contribution in [-0.2, 0) is 4.79 Å². The average molecular weight is 384 g/mol. The van der Waals surface area contributed by atoms with E-state index in [2.05, 4.69) is 23.2 Å². The second-order valence-electron chi connectivity index (χ2n) is 9.13. The Hall–Kier alpha value is -1.85. The highest BCUT2D eigenvalue weighted by atomic mass is 16.3. The number of phenolic OH excluding ortho intramolecular Hbond substituents is 1. The number of carbonyl (C=O) groups excluding carboxylic acids is 1. The lowest BCUT2D eigenvalue weighted by Crippen LogP contribution is -2.55. The van der Waals surface area contributed by atoms with Gasteiger partial charge in [-0.1, -0.05) is 30.7 Å². The predicted molar refractivity (Wildman–Crippen MR) is 112 cm³/mol. The Morgan fingerprint density at radius 2 is 1.96 bits per heavy atom. The molecule has 3 aliphatic rings. The lowest BCUT2D eigenvalue weighted by Gasteiger charge is -2.52. The van der Waals surface area contributed by atoms with E-state index < -0.39 is 0 Å². The van der Waals surface area contributed by atoms with Gasteiger partial charge in [-0.3, -0.25) is 9.69 Å². The van der Waals surface area contributed by atoms with Crippen LogP contribution in [0.3, 0.4) is 0 Å². The van der Waals surface area contributed by atoms with Crippen molar-refractivity contribution < 1.29 is 9.90 Å². The Morgan fingerprint density at radius 1 is 1.29 bits per heavy atom. The van der Waals surface area contributed by atoms with Crippen LogP contribution < -0.4 is 11.1 Å². The van der Waals surface area contributed by atoms with Crippen molar-refractivity contribution in [2.24, 2.45) is 17.1 Å². The number of nitrogens with two attached hydrogens (primary N) is 1. The molecule has 2 atom stereocenters. The van der Waals surface area contributed by atoms with E-state index in [4.69, 9.17) is 5.73 Å². The van der Waals surface area contributed by atoms with E-state index >= 15 is 0 Å². The summed E-state index contributed by atoms with van der Waals surface area (Å²) in [6.07, 6.45) is 9.58. The molecule has 1 heterocycles. The quantitative estimate of drug-likeness (QED) is 0.676.